The monoisotopic (exact) mass is 248 g/mol. The molecule has 1 rings (SSSR count). The average Bonchev–Trinajstić information content (AvgIpc) is 2.61. The van der Waals surface area contributed by atoms with Crippen LogP contribution < -0.4 is 10.0 Å². The van der Waals surface area contributed by atoms with Crippen LogP contribution in [0.1, 0.15) is 12.0 Å². The van der Waals surface area contributed by atoms with Crippen molar-refractivity contribution < 1.29 is 8.42 Å². The summed E-state index contributed by atoms with van der Waals surface area (Å²) in [7, 11) is -3.03. The van der Waals surface area contributed by atoms with Crippen LogP contribution in [0.5, 0.6) is 0 Å². The fourth-order valence-electron chi connectivity index (χ4n) is 1.10. The maximum Gasteiger partial charge on any atom is 0.208 e. The summed E-state index contributed by atoms with van der Waals surface area (Å²) in [5.41, 5.74) is 1.27. The van der Waals surface area contributed by atoms with Gasteiger partial charge < -0.3 is 5.32 Å². The summed E-state index contributed by atoms with van der Waals surface area (Å²) >= 11 is 1.68. The predicted octanol–water partition coefficient (Wildman–Crippen LogP) is 0.777. The van der Waals surface area contributed by atoms with Crippen molar-refractivity contribution in [1.29, 1.82) is 0 Å². The minimum Gasteiger partial charge on any atom is -0.313 e. The van der Waals surface area contributed by atoms with Gasteiger partial charge in [0.2, 0.25) is 10.0 Å². The van der Waals surface area contributed by atoms with E-state index in [-0.39, 0.29) is 0 Å². The molecule has 15 heavy (non-hydrogen) atoms. The second-order valence-corrected chi connectivity index (χ2v) is 5.94. The highest BCUT2D eigenvalue weighted by molar-refractivity contribution is 7.88. The van der Waals surface area contributed by atoms with Gasteiger partial charge in [0, 0.05) is 13.1 Å². The third kappa shape index (κ3) is 6.62. The molecule has 0 amide bonds. The van der Waals surface area contributed by atoms with Crippen LogP contribution in [0.15, 0.2) is 16.8 Å². The molecular weight excluding hydrogens is 232 g/mol. The third-order valence-corrected chi connectivity index (χ3v) is 3.26. The third-order valence-electron chi connectivity index (χ3n) is 1.80. The lowest BCUT2D eigenvalue weighted by Crippen LogP contribution is -2.26. The second-order valence-electron chi connectivity index (χ2n) is 3.33. The summed E-state index contributed by atoms with van der Waals surface area (Å²) in [4.78, 5) is 0. The van der Waals surface area contributed by atoms with E-state index < -0.39 is 10.0 Å². The molecule has 0 bridgehead atoms. The Morgan fingerprint density at radius 1 is 1.40 bits per heavy atom. The first-order valence-corrected chi connectivity index (χ1v) is 7.58. The Morgan fingerprint density at radius 3 is 2.80 bits per heavy atom. The highest BCUT2D eigenvalue weighted by Gasteiger charge is 1.98. The molecule has 0 spiro atoms. The summed E-state index contributed by atoms with van der Waals surface area (Å²) in [5.74, 6) is 0. The molecule has 6 heteroatoms. The van der Waals surface area contributed by atoms with Crippen LogP contribution in [0.25, 0.3) is 0 Å². The maximum atomic E-state index is 10.7. The van der Waals surface area contributed by atoms with Gasteiger partial charge >= 0.3 is 0 Å². The van der Waals surface area contributed by atoms with Crippen LogP contribution in [0.4, 0.5) is 0 Å². The molecular formula is C9H16N2O2S2. The quantitative estimate of drug-likeness (QED) is 0.701. The van der Waals surface area contributed by atoms with Crippen LogP contribution in [0.2, 0.25) is 0 Å². The van der Waals surface area contributed by atoms with Gasteiger partial charge in [0.25, 0.3) is 0 Å². The number of nitrogens with one attached hydrogen (secondary N) is 2. The lowest BCUT2D eigenvalue weighted by atomic mass is 10.3. The summed E-state index contributed by atoms with van der Waals surface area (Å²) in [6.07, 6.45) is 1.98. The molecule has 0 aliphatic carbocycles. The Kier molecular flexibility index (Phi) is 5.24. The number of hydrogen-bond acceptors (Lipinski definition) is 4. The standard InChI is InChI=1S/C9H16N2O2S2/c1-15(12,13)11-5-2-4-10-7-9-3-6-14-8-9/h3,6,8,10-11H,2,4-5,7H2,1H3. The topological polar surface area (TPSA) is 58.2 Å². The minimum absolute atomic E-state index is 0.496. The number of rotatable bonds is 7. The Morgan fingerprint density at radius 2 is 2.20 bits per heavy atom. The van der Waals surface area contributed by atoms with Crippen molar-refractivity contribution in [2.24, 2.45) is 0 Å². The zero-order chi connectivity index (χ0) is 11.1. The molecule has 0 fully saturated rings. The number of thiophene rings is 1. The first-order valence-electron chi connectivity index (χ1n) is 4.74. The number of sulfonamides is 1. The van der Waals surface area contributed by atoms with Crippen molar-refractivity contribution in [3.05, 3.63) is 22.4 Å². The fourth-order valence-corrected chi connectivity index (χ4v) is 2.28. The van der Waals surface area contributed by atoms with Gasteiger partial charge in [-0.3, -0.25) is 0 Å². The van der Waals surface area contributed by atoms with Crippen molar-refractivity contribution in [3.8, 4) is 0 Å². The predicted molar refractivity (Wildman–Crippen MR) is 63.5 cm³/mol. The lowest BCUT2D eigenvalue weighted by molar-refractivity contribution is 0.579. The van der Waals surface area contributed by atoms with E-state index in [1.54, 1.807) is 11.3 Å². The number of hydrogen-bond donors (Lipinski definition) is 2. The Bertz CT molecular complexity index is 359. The van der Waals surface area contributed by atoms with Crippen LogP contribution in [-0.2, 0) is 16.6 Å². The molecule has 86 valence electrons. The van der Waals surface area contributed by atoms with Gasteiger partial charge in [0.05, 0.1) is 6.26 Å². The van der Waals surface area contributed by atoms with Crippen molar-refractivity contribution in [2.45, 2.75) is 13.0 Å². The molecule has 2 N–H and O–H groups in total. The minimum atomic E-state index is -3.03. The maximum absolute atomic E-state index is 10.7. The van der Waals surface area contributed by atoms with Crippen molar-refractivity contribution >= 4 is 21.4 Å². The molecule has 0 aliphatic rings. The van der Waals surface area contributed by atoms with Gasteiger partial charge in [-0.25, -0.2) is 13.1 Å². The van der Waals surface area contributed by atoms with Crippen LogP contribution >= 0.6 is 11.3 Å². The molecule has 1 aromatic heterocycles. The molecule has 4 nitrogen and oxygen atoms in total. The van der Waals surface area contributed by atoms with E-state index in [1.807, 2.05) is 5.38 Å². The van der Waals surface area contributed by atoms with E-state index in [9.17, 15) is 8.42 Å². The highest BCUT2D eigenvalue weighted by atomic mass is 32.2. The Hall–Kier alpha value is -0.430. The normalized spacial score (nSPS) is 11.8. The molecule has 0 unspecified atom stereocenters. The van der Waals surface area contributed by atoms with Crippen molar-refractivity contribution in [2.75, 3.05) is 19.3 Å². The van der Waals surface area contributed by atoms with E-state index in [0.29, 0.717) is 6.54 Å². The molecule has 0 saturated heterocycles. The van der Waals surface area contributed by atoms with Crippen LogP contribution in [0.3, 0.4) is 0 Å². The molecule has 1 heterocycles. The first-order chi connectivity index (χ1) is 7.08. The van der Waals surface area contributed by atoms with Gasteiger partial charge in [-0.15, -0.1) is 0 Å². The van der Waals surface area contributed by atoms with Gasteiger partial charge in [-0.2, -0.15) is 11.3 Å². The molecule has 0 atom stereocenters. The average molecular weight is 248 g/mol. The summed E-state index contributed by atoms with van der Waals surface area (Å²) < 4.78 is 23.9. The van der Waals surface area contributed by atoms with E-state index in [1.165, 1.54) is 11.8 Å². The molecule has 0 aliphatic heterocycles. The molecule has 0 radical (unpaired) electrons. The molecule has 0 aromatic carbocycles. The van der Waals surface area contributed by atoms with Crippen molar-refractivity contribution in [1.82, 2.24) is 10.0 Å². The summed E-state index contributed by atoms with van der Waals surface area (Å²) in [6.45, 7) is 2.16. The van der Waals surface area contributed by atoms with Crippen molar-refractivity contribution in [3.63, 3.8) is 0 Å². The SMILES string of the molecule is CS(=O)(=O)NCCCNCc1ccsc1. The Labute approximate surface area is 94.8 Å². The molecule has 0 saturated carbocycles. The second kappa shape index (κ2) is 6.22. The Balaban J connectivity index is 1.99. The largest absolute Gasteiger partial charge is 0.313 e. The van der Waals surface area contributed by atoms with Gasteiger partial charge in [-0.1, -0.05) is 0 Å². The summed E-state index contributed by atoms with van der Waals surface area (Å²) in [5, 5.41) is 7.39. The highest BCUT2D eigenvalue weighted by Crippen LogP contribution is 2.04. The smallest absolute Gasteiger partial charge is 0.208 e. The van der Waals surface area contributed by atoms with E-state index in [0.717, 1.165) is 19.5 Å². The van der Waals surface area contributed by atoms with Gasteiger partial charge in [0.1, 0.15) is 0 Å². The van der Waals surface area contributed by atoms with E-state index in [4.69, 9.17) is 0 Å². The zero-order valence-electron chi connectivity index (χ0n) is 8.69. The first kappa shape index (κ1) is 12.6. The van der Waals surface area contributed by atoms with Crippen LogP contribution in [0, 0.1) is 0 Å². The molecule has 1 aromatic rings. The van der Waals surface area contributed by atoms with Gasteiger partial charge in [-0.05, 0) is 35.4 Å². The van der Waals surface area contributed by atoms with Gasteiger partial charge in [0.15, 0.2) is 0 Å². The zero-order valence-corrected chi connectivity index (χ0v) is 10.3. The van der Waals surface area contributed by atoms with Crippen LogP contribution in [-0.4, -0.2) is 27.8 Å². The fraction of sp³-hybridized carbons (Fsp3) is 0.556. The summed E-state index contributed by atoms with van der Waals surface area (Å²) in [6, 6.07) is 2.08. The lowest BCUT2D eigenvalue weighted by Gasteiger charge is -2.03. The van der Waals surface area contributed by atoms with E-state index in [2.05, 4.69) is 21.5 Å². The van der Waals surface area contributed by atoms with E-state index >= 15 is 0 Å².